The molecule has 0 spiro atoms. The van der Waals surface area contributed by atoms with Crippen molar-refractivity contribution in [2.75, 3.05) is 13.3 Å². The van der Waals surface area contributed by atoms with E-state index in [1.54, 1.807) is 6.08 Å². The summed E-state index contributed by atoms with van der Waals surface area (Å²) < 4.78 is 10.5. The summed E-state index contributed by atoms with van der Waals surface area (Å²) in [5, 5.41) is 2.83. The highest BCUT2D eigenvalue weighted by molar-refractivity contribution is 5.87. The van der Waals surface area contributed by atoms with Crippen molar-refractivity contribution in [1.29, 1.82) is 0 Å². The second kappa shape index (κ2) is 6.64. The maximum Gasteiger partial charge on any atom is 0.243 e. The Balaban J connectivity index is 1.78. The van der Waals surface area contributed by atoms with Crippen molar-refractivity contribution < 1.29 is 14.3 Å². The smallest absolute Gasteiger partial charge is 0.243 e. The van der Waals surface area contributed by atoms with Gasteiger partial charge in [-0.15, -0.1) is 0 Å². The summed E-state index contributed by atoms with van der Waals surface area (Å²) in [7, 11) is 0. The second-order valence-electron chi connectivity index (χ2n) is 4.11. The minimum atomic E-state index is -0.0844. The molecule has 0 fully saturated rings. The largest absolute Gasteiger partial charge is 0.454 e. The van der Waals surface area contributed by atoms with E-state index in [9.17, 15) is 4.79 Å². The van der Waals surface area contributed by atoms with Crippen LogP contribution in [0.1, 0.15) is 12.5 Å². The van der Waals surface area contributed by atoms with Gasteiger partial charge in [-0.05, 0) is 31.0 Å². The fraction of sp³-hybridized carbons (Fsp3) is 0.267. The lowest BCUT2D eigenvalue weighted by molar-refractivity contribution is -0.116. The number of ether oxygens (including phenoxy) is 2. The van der Waals surface area contributed by atoms with Crippen molar-refractivity contribution in [1.82, 2.24) is 5.32 Å². The molecule has 0 aliphatic carbocycles. The zero-order valence-corrected chi connectivity index (χ0v) is 10.9. The first kappa shape index (κ1) is 13.2. The number of fused-ring (bicyclic) bond motifs is 1. The molecule has 19 heavy (non-hydrogen) atoms. The van der Waals surface area contributed by atoms with Gasteiger partial charge in [0.1, 0.15) is 0 Å². The van der Waals surface area contributed by atoms with Gasteiger partial charge in [-0.2, -0.15) is 0 Å². The van der Waals surface area contributed by atoms with Gasteiger partial charge in [0.2, 0.25) is 12.7 Å². The Morgan fingerprint density at radius 2 is 2.16 bits per heavy atom. The van der Waals surface area contributed by atoms with Crippen molar-refractivity contribution in [3.63, 3.8) is 0 Å². The standard InChI is InChI=1S/C15H17NO3/c1-2-3-4-5-15(17)16-9-8-12-6-7-13-14(10-12)19-11-18-13/h2-7,10H,8-9,11H2,1H3,(H,16,17)/b3-2+,5-4-. The van der Waals surface area contributed by atoms with Gasteiger partial charge in [0.15, 0.2) is 11.5 Å². The van der Waals surface area contributed by atoms with Crippen molar-refractivity contribution in [2.45, 2.75) is 13.3 Å². The summed E-state index contributed by atoms with van der Waals surface area (Å²) >= 11 is 0. The monoisotopic (exact) mass is 259 g/mol. The summed E-state index contributed by atoms with van der Waals surface area (Å²) in [6, 6.07) is 5.82. The van der Waals surface area contributed by atoms with Gasteiger partial charge in [0.25, 0.3) is 0 Å². The van der Waals surface area contributed by atoms with Crippen LogP contribution in [0.2, 0.25) is 0 Å². The van der Waals surface area contributed by atoms with Crippen molar-refractivity contribution in [3.8, 4) is 11.5 Å². The van der Waals surface area contributed by atoms with Crippen LogP contribution < -0.4 is 14.8 Å². The molecule has 1 aliphatic rings. The van der Waals surface area contributed by atoms with E-state index in [0.29, 0.717) is 6.54 Å². The Morgan fingerprint density at radius 1 is 1.32 bits per heavy atom. The van der Waals surface area contributed by atoms with Crippen LogP contribution in [0.4, 0.5) is 0 Å². The number of carbonyl (C=O) groups is 1. The summed E-state index contributed by atoms with van der Waals surface area (Å²) in [4.78, 5) is 11.4. The van der Waals surface area contributed by atoms with Gasteiger partial charge in [0.05, 0.1) is 0 Å². The van der Waals surface area contributed by atoms with Crippen LogP contribution in [-0.4, -0.2) is 19.2 Å². The Labute approximate surface area is 112 Å². The van der Waals surface area contributed by atoms with Crippen LogP contribution in [0.3, 0.4) is 0 Å². The molecule has 100 valence electrons. The summed E-state index contributed by atoms with van der Waals surface area (Å²) in [5.41, 5.74) is 1.11. The van der Waals surface area contributed by atoms with Gasteiger partial charge in [0, 0.05) is 12.6 Å². The van der Waals surface area contributed by atoms with Crippen LogP contribution in [0.15, 0.2) is 42.5 Å². The van der Waals surface area contributed by atoms with E-state index < -0.39 is 0 Å². The molecule has 0 bridgehead atoms. The Hall–Kier alpha value is -2.23. The first-order valence-corrected chi connectivity index (χ1v) is 6.25. The minimum Gasteiger partial charge on any atom is -0.454 e. The van der Waals surface area contributed by atoms with Gasteiger partial charge < -0.3 is 14.8 Å². The predicted octanol–water partition coefficient (Wildman–Crippen LogP) is 2.21. The number of allylic oxidation sites excluding steroid dienone is 3. The van der Waals surface area contributed by atoms with Gasteiger partial charge >= 0.3 is 0 Å². The van der Waals surface area contributed by atoms with Crippen LogP contribution >= 0.6 is 0 Å². The molecule has 0 saturated heterocycles. The molecule has 0 unspecified atom stereocenters. The van der Waals surface area contributed by atoms with E-state index in [1.807, 2.05) is 37.3 Å². The van der Waals surface area contributed by atoms with E-state index in [1.165, 1.54) is 6.08 Å². The maximum absolute atomic E-state index is 11.4. The molecule has 2 rings (SSSR count). The first-order chi connectivity index (χ1) is 9.29. The molecule has 0 atom stereocenters. The average molecular weight is 259 g/mol. The van der Waals surface area contributed by atoms with E-state index in [2.05, 4.69) is 5.32 Å². The molecule has 1 amide bonds. The molecule has 1 aromatic rings. The minimum absolute atomic E-state index is 0.0844. The zero-order valence-electron chi connectivity index (χ0n) is 10.9. The Kier molecular flexibility index (Phi) is 4.61. The molecule has 0 radical (unpaired) electrons. The molecule has 1 N–H and O–H groups in total. The third-order valence-electron chi connectivity index (χ3n) is 2.70. The Bertz CT molecular complexity index is 506. The van der Waals surface area contributed by atoms with Crippen LogP contribution in [0, 0.1) is 0 Å². The number of nitrogens with one attached hydrogen (secondary N) is 1. The van der Waals surface area contributed by atoms with E-state index in [4.69, 9.17) is 9.47 Å². The highest BCUT2D eigenvalue weighted by atomic mass is 16.7. The highest BCUT2D eigenvalue weighted by Crippen LogP contribution is 2.32. The third kappa shape index (κ3) is 3.88. The number of benzene rings is 1. The molecule has 1 aromatic carbocycles. The number of hydrogen-bond donors (Lipinski definition) is 1. The molecule has 1 heterocycles. The molecular formula is C15H17NO3. The topological polar surface area (TPSA) is 47.6 Å². The maximum atomic E-state index is 11.4. The summed E-state index contributed by atoms with van der Waals surface area (Å²) in [5.74, 6) is 1.47. The van der Waals surface area contributed by atoms with Crippen LogP contribution in [-0.2, 0) is 11.2 Å². The quantitative estimate of drug-likeness (QED) is 0.651. The van der Waals surface area contributed by atoms with Crippen molar-refractivity contribution in [3.05, 3.63) is 48.1 Å². The number of amides is 1. The van der Waals surface area contributed by atoms with E-state index in [-0.39, 0.29) is 12.7 Å². The number of rotatable bonds is 5. The molecule has 1 aliphatic heterocycles. The van der Waals surface area contributed by atoms with Gasteiger partial charge in [-0.1, -0.05) is 24.3 Å². The third-order valence-corrected chi connectivity index (χ3v) is 2.70. The molecular weight excluding hydrogens is 242 g/mol. The van der Waals surface area contributed by atoms with Crippen LogP contribution in [0.25, 0.3) is 0 Å². The highest BCUT2D eigenvalue weighted by Gasteiger charge is 2.12. The molecule has 4 heteroatoms. The van der Waals surface area contributed by atoms with E-state index in [0.717, 1.165) is 23.5 Å². The van der Waals surface area contributed by atoms with Crippen molar-refractivity contribution in [2.24, 2.45) is 0 Å². The zero-order chi connectivity index (χ0) is 13.5. The predicted molar refractivity (Wildman–Crippen MR) is 73.2 cm³/mol. The fourth-order valence-electron chi connectivity index (χ4n) is 1.74. The lowest BCUT2D eigenvalue weighted by atomic mass is 10.1. The summed E-state index contributed by atoms with van der Waals surface area (Å²) in [6.45, 7) is 2.78. The van der Waals surface area contributed by atoms with Gasteiger partial charge in [-0.3, -0.25) is 4.79 Å². The lowest BCUT2D eigenvalue weighted by Gasteiger charge is -2.04. The molecule has 0 aromatic heterocycles. The van der Waals surface area contributed by atoms with Crippen molar-refractivity contribution >= 4 is 5.91 Å². The Morgan fingerprint density at radius 3 is 3.00 bits per heavy atom. The normalized spacial score (nSPS) is 13.3. The second-order valence-corrected chi connectivity index (χ2v) is 4.11. The number of carbonyl (C=O) groups excluding carboxylic acids is 1. The lowest BCUT2D eigenvalue weighted by Crippen LogP contribution is -2.23. The van der Waals surface area contributed by atoms with Crippen LogP contribution in [0.5, 0.6) is 11.5 Å². The average Bonchev–Trinajstić information content (AvgIpc) is 2.86. The summed E-state index contributed by atoms with van der Waals surface area (Å²) in [6.07, 6.45) is 7.68. The number of hydrogen-bond acceptors (Lipinski definition) is 3. The molecule has 0 saturated carbocycles. The SMILES string of the molecule is C/C=C/C=C\C(=O)NCCc1ccc2c(c1)OCO2. The molecule has 4 nitrogen and oxygen atoms in total. The van der Waals surface area contributed by atoms with E-state index >= 15 is 0 Å². The fourth-order valence-corrected chi connectivity index (χ4v) is 1.74. The van der Waals surface area contributed by atoms with Gasteiger partial charge in [-0.25, -0.2) is 0 Å². The first-order valence-electron chi connectivity index (χ1n) is 6.25.